The summed E-state index contributed by atoms with van der Waals surface area (Å²) in [4.78, 5) is 27.2. The van der Waals surface area contributed by atoms with Gasteiger partial charge in [0.15, 0.2) is 0 Å². The first-order valence-corrected chi connectivity index (χ1v) is 6.08. The van der Waals surface area contributed by atoms with Crippen molar-refractivity contribution < 1.29 is 9.59 Å². The van der Waals surface area contributed by atoms with Gasteiger partial charge in [0.05, 0.1) is 12.5 Å². The van der Waals surface area contributed by atoms with Gasteiger partial charge in [-0.3, -0.25) is 9.59 Å². The Hall–Kier alpha value is -1.62. The van der Waals surface area contributed by atoms with E-state index in [1.807, 2.05) is 0 Å². The second-order valence-electron chi connectivity index (χ2n) is 4.35. The van der Waals surface area contributed by atoms with E-state index >= 15 is 0 Å². The molecule has 0 aromatic heterocycles. The monoisotopic (exact) mass is 251 g/mol. The van der Waals surface area contributed by atoms with Crippen LogP contribution in [0.25, 0.3) is 0 Å². The Bertz CT molecular complexity index is 331. The maximum absolute atomic E-state index is 12.1. The Morgan fingerprint density at radius 2 is 2.11 bits per heavy atom. The van der Waals surface area contributed by atoms with Crippen molar-refractivity contribution in [2.24, 2.45) is 0 Å². The van der Waals surface area contributed by atoms with Crippen molar-refractivity contribution in [2.45, 2.75) is 12.5 Å². The molecule has 18 heavy (non-hydrogen) atoms. The SMILES string of the molecule is C=CCN(CC=C)C(=O)CC1NCCN(C)C1=O. The zero-order chi connectivity index (χ0) is 13.5. The van der Waals surface area contributed by atoms with Crippen LogP contribution in [0.2, 0.25) is 0 Å². The quantitative estimate of drug-likeness (QED) is 0.676. The fourth-order valence-electron chi connectivity index (χ4n) is 1.92. The van der Waals surface area contributed by atoms with E-state index in [0.717, 1.165) is 6.54 Å². The van der Waals surface area contributed by atoms with Crippen LogP contribution >= 0.6 is 0 Å². The zero-order valence-corrected chi connectivity index (χ0v) is 10.9. The maximum atomic E-state index is 12.1. The van der Waals surface area contributed by atoms with E-state index in [4.69, 9.17) is 0 Å². The fraction of sp³-hybridized carbons (Fsp3) is 0.538. The molecule has 0 aliphatic carbocycles. The lowest BCUT2D eigenvalue weighted by atomic mass is 10.1. The fourth-order valence-corrected chi connectivity index (χ4v) is 1.92. The van der Waals surface area contributed by atoms with Crippen molar-refractivity contribution in [2.75, 3.05) is 33.2 Å². The second-order valence-corrected chi connectivity index (χ2v) is 4.35. The average molecular weight is 251 g/mol. The molecule has 1 unspecified atom stereocenters. The third kappa shape index (κ3) is 3.70. The summed E-state index contributed by atoms with van der Waals surface area (Å²) in [5.74, 6) is -0.0808. The lowest BCUT2D eigenvalue weighted by molar-refractivity contribution is -0.139. The van der Waals surface area contributed by atoms with Gasteiger partial charge in [0, 0.05) is 33.2 Å². The summed E-state index contributed by atoms with van der Waals surface area (Å²) in [5, 5.41) is 3.08. The van der Waals surface area contributed by atoms with E-state index in [1.54, 1.807) is 29.0 Å². The molecule has 0 radical (unpaired) electrons. The van der Waals surface area contributed by atoms with E-state index < -0.39 is 6.04 Å². The van der Waals surface area contributed by atoms with Crippen LogP contribution in [0.4, 0.5) is 0 Å². The van der Waals surface area contributed by atoms with Crippen LogP contribution in [0.1, 0.15) is 6.42 Å². The van der Waals surface area contributed by atoms with Crippen molar-refractivity contribution in [1.29, 1.82) is 0 Å². The first kappa shape index (κ1) is 14.4. The van der Waals surface area contributed by atoms with Gasteiger partial charge in [0.25, 0.3) is 0 Å². The van der Waals surface area contributed by atoms with E-state index in [9.17, 15) is 9.59 Å². The summed E-state index contributed by atoms with van der Waals surface area (Å²) in [6, 6.07) is -0.409. The van der Waals surface area contributed by atoms with Crippen LogP contribution in [0, 0.1) is 0 Å². The van der Waals surface area contributed by atoms with Gasteiger partial charge in [-0.2, -0.15) is 0 Å². The van der Waals surface area contributed by atoms with Crippen LogP contribution in [-0.4, -0.2) is 60.9 Å². The molecule has 1 N–H and O–H groups in total. The topological polar surface area (TPSA) is 52.7 Å². The summed E-state index contributed by atoms with van der Waals surface area (Å²) >= 11 is 0. The molecule has 0 aromatic carbocycles. The number of rotatable bonds is 6. The Balaban J connectivity index is 2.58. The molecule has 1 atom stereocenters. The standard InChI is InChI=1S/C13H21N3O2/c1-4-7-16(8-5-2)12(17)10-11-13(18)15(3)9-6-14-11/h4-5,11,14H,1-2,6-10H2,3H3. The molecule has 0 aromatic rings. The molecular weight excluding hydrogens is 230 g/mol. The highest BCUT2D eigenvalue weighted by Crippen LogP contribution is 2.06. The first-order valence-electron chi connectivity index (χ1n) is 6.08. The molecule has 0 saturated carbocycles. The number of piperazine rings is 1. The molecule has 5 heteroatoms. The molecule has 0 spiro atoms. The maximum Gasteiger partial charge on any atom is 0.240 e. The predicted octanol–water partition coefficient (Wildman–Crippen LogP) is 0.00730. The number of amides is 2. The highest BCUT2D eigenvalue weighted by atomic mass is 16.2. The van der Waals surface area contributed by atoms with Crippen LogP contribution in [0.15, 0.2) is 25.3 Å². The van der Waals surface area contributed by atoms with Gasteiger partial charge in [-0.05, 0) is 0 Å². The van der Waals surface area contributed by atoms with Crippen molar-refractivity contribution in [3.05, 3.63) is 25.3 Å². The lowest BCUT2D eigenvalue weighted by Crippen LogP contribution is -2.55. The number of hydrogen-bond donors (Lipinski definition) is 1. The highest BCUT2D eigenvalue weighted by Gasteiger charge is 2.29. The second kappa shape index (κ2) is 6.96. The van der Waals surface area contributed by atoms with E-state index in [1.165, 1.54) is 0 Å². The third-order valence-electron chi connectivity index (χ3n) is 2.94. The molecule has 1 aliphatic rings. The molecule has 2 amide bonds. The smallest absolute Gasteiger partial charge is 0.240 e. The minimum Gasteiger partial charge on any atom is -0.343 e. The van der Waals surface area contributed by atoms with Gasteiger partial charge >= 0.3 is 0 Å². The summed E-state index contributed by atoms with van der Waals surface area (Å²) in [7, 11) is 1.76. The van der Waals surface area contributed by atoms with Crippen LogP contribution in [0.5, 0.6) is 0 Å². The number of nitrogens with one attached hydrogen (secondary N) is 1. The molecule has 1 heterocycles. The number of nitrogens with zero attached hydrogens (tertiary/aromatic N) is 2. The van der Waals surface area contributed by atoms with Crippen LogP contribution in [-0.2, 0) is 9.59 Å². The third-order valence-corrected chi connectivity index (χ3v) is 2.94. The Kier molecular flexibility index (Phi) is 5.58. The molecular formula is C13H21N3O2. The van der Waals surface area contributed by atoms with Crippen LogP contribution in [0.3, 0.4) is 0 Å². The Labute approximate surface area is 108 Å². The Morgan fingerprint density at radius 3 is 2.67 bits per heavy atom. The number of carbonyl (C=O) groups is 2. The molecule has 5 nitrogen and oxygen atoms in total. The van der Waals surface area contributed by atoms with Crippen molar-refractivity contribution >= 4 is 11.8 Å². The zero-order valence-electron chi connectivity index (χ0n) is 10.9. The lowest BCUT2D eigenvalue weighted by Gasteiger charge is -2.31. The van der Waals surface area contributed by atoms with Gasteiger partial charge in [-0.15, -0.1) is 13.2 Å². The number of carbonyl (C=O) groups excluding carboxylic acids is 2. The highest BCUT2D eigenvalue weighted by molar-refractivity contribution is 5.88. The molecule has 1 saturated heterocycles. The summed E-state index contributed by atoms with van der Waals surface area (Å²) in [6.45, 7) is 9.60. The number of hydrogen-bond acceptors (Lipinski definition) is 3. The van der Waals surface area contributed by atoms with Gasteiger partial charge < -0.3 is 15.1 Å². The summed E-state index contributed by atoms with van der Waals surface area (Å²) < 4.78 is 0. The van der Waals surface area contributed by atoms with Crippen molar-refractivity contribution in [3.8, 4) is 0 Å². The summed E-state index contributed by atoms with van der Waals surface area (Å²) in [6.07, 6.45) is 3.53. The average Bonchev–Trinajstić information content (AvgIpc) is 2.34. The molecule has 1 aliphatic heterocycles. The largest absolute Gasteiger partial charge is 0.343 e. The van der Waals surface area contributed by atoms with E-state index in [-0.39, 0.29) is 18.2 Å². The van der Waals surface area contributed by atoms with Gasteiger partial charge in [-0.25, -0.2) is 0 Å². The Morgan fingerprint density at radius 1 is 1.50 bits per heavy atom. The molecule has 100 valence electrons. The molecule has 1 rings (SSSR count). The van der Waals surface area contributed by atoms with Gasteiger partial charge in [0.1, 0.15) is 0 Å². The summed E-state index contributed by atoms with van der Waals surface area (Å²) in [5.41, 5.74) is 0. The normalized spacial score (nSPS) is 19.5. The molecule has 1 fully saturated rings. The van der Waals surface area contributed by atoms with Crippen molar-refractivity contribution in [3.63, 3.8) is 0 Å². The minimum absolute atomic E-state index is 0.0215. The van der Waals surface area contributed by atoms with Crippen LogP contribution < -0.4 is 5.32 Å². The van der Waals surface area contributed by atoms with E-state index in [0.29, 0.717) is 19.6 Å². The predicted molar refractivity (Wildman–Crippen MR) is 71.0 cm³/mol. The molecule has 0 bridgehead atoms. The number of likely N-dealkylation sites (N-methyl/N-ethyl adjacent to an activating group) is 1. The van der Waals surface area contributed by atoms with Gasteiger partial charge in [-0.1, -0.05) is 12.2 Å². The first-order chi connectivity index (χ1) is 8.60. The van der Waals surface area contributed by atoms with E-state index in [2.05, 4.69) is 18.5 Å². The minimum atomic E-state index is -0.409. The van der Waals surface area contributed by atoms with Gasteiger partial charge in [0.2, 0.25) is 11.8 Å². The van der Waals surface area contributed by atoms with Crippen molar-refractivity contribution in [1.82, 2.24) is 15.1 Å².